The van der Waals surface area contributed by atoms with E-state index in [0.29, 0.717) is 23.5 Å². The molecule has 2 aromatic heterocycles. The third-order valence-corrected chi connectivity index (χ3v) is 13.3. The molecule has 6 atom stereocenters. The topological polar surface area (TPSA) is 175 Å². The van der Waals surface area contributed by atoms with Gasteiger partial charge in [0.2, 0.25) is 11.8 Å². The molecule has 62 heavy (non-hydrogen) atoms. The van der Waals surface area contributed by atoms with Gasteiger partial charge in [-0.2, -0.15) is 0 Å². The second kappa shape index (κ2) is 17.5. The van der Waals surface area contributed by atoms with Crippen molar-refractivity contribution in [1.82, 2.24) is 40.4 Å². The van der Waals surface area contributed by atoms with Gasteiger partial charge in [0.05, 0.1) is 63.2 Å². The van der Waals surface area contributed by atoms with Crippen LogP contribution in [0.25, 0.3) is 33.6 Å². The lowest BCUT2D eigenvalue weighted by Gasteiger charge is -2.41. The number of alkyl carbamates (subject to hydrolysis) is 2. The average Bonchev–Trinajstić information content (AvgIpc) is 4.11. The van der Waals surface area contributed by atoms with Crippen LogP contribution in [0.5, 0.6) is 0 Å². The SMILES string of the molecule is COC(=O)N[C@H](C(=O)N1C[C@H](F)C[C@H]1c1ncc(-c2ccc(-c3ccc(-c4cnc([C@@H]5C[C@@H](F)CN5C(=O)[C@@H](NC(=O)OC)C(C)C)[nH]4)c4c3C3CCC4CC3)cc2)[nH]1)C(C)C. The van der Waals surface area contributed by atoms with E-state index >= 15 is 4.39 Å². The molecule has 2 bridgehead atoms. The molecule has 5 aliphatic rings. The number of hydrogen-bond acceptors (Lipinski definition) is 8. The van der Waals surface area contributed by atoms with Crippen molar-refractivity contribution in [1.29, 1.82) is 0 Å². The van der Waals surface area contributed by atoms with E-state index < -0.39 is 48.7 Å². The summed E-state index contributed by atoms with van der Waals surface area (Å²) in [4.78, 5) is 70.6. The number of amides is 4. The maximum absolute atomic E-state index is 15.1. The van der Waals surface area contributed by atoms with Gasteiger partial charge in [0, 0.05) is 18.4 Å². The molecular formula is C46H56F2N8O6. The van der Waals surface area contributed by atoms with Crippen LogP contribution in [0.1, 0.15) is 113 Å². The molecule has 3 fully saturated rings. The van der Waals surface area contributed by atoms with Gasteiger partial charge in [-0.05, 0) is 77.2 Å². The van der Waals surface area contributed by atoms with E-state index in [4.69, 9.17) is 14.5 Å². The Labute approximate surface area is 359 Å². The Kier molecular flexibility index (Phi) is 12.1. The summed E-state index contributed by atoms with van der Waals surface area (Å²) in [5.74, 6) is 0.524. The zero-order chi connectivity index (χ0) is 44.0. The molecule has 4 heterocycles. The first-order chi connectivity index (χ1) is 29.8. The smallest absolute Gasteiger partial charge is 0.407 e. The molecule has 9 rings (SSSR count). The molecular weight excluding hydrogens is 799 g/mol. The fraction of sp³-hybridized carbons (Fsp3) is 0.522. The van der Waals surface area contributed by atoms with Crippen molar-refractivity contribution in [2.75, 3.05) is 27.3 Å². The van der Waals surface area contributed by atoms with Gasteiger partial charge < -0.3 is 39.9 Å². The molecule has 14 nitrogen and oxygen atoms in total. The summed E-state index contributed by atoms with van der Waals surface area (Å²) < 4.78 is 39.5. The number of H-pyrrole nitrogens is 2. The molecule has 4 aromatic rings. The number of halogens is 2. The summed E-state index contributed by atoms with van der Waals surface area (Å²) in [7, 11) is 2.47. The number of rotatable bonds is 11. The monoisotopic (exact) mass is 854 g/mol. The quantitative estimate of drug-likeness (QED) is 0.118. The Morgan fingerprint density at radius 2 is 1.06 bits per heavy atom. The molecule has 0 unspecified atom stereocenters. The number of alkyl halides is 2. The van der Waals surface area contributed by atoms with Crippen LogP contribution in [0.2, 0.25) is 0 Å². The predicted molar refractivity (Wildman–Crippen MR) is 227 cm³/mol. The lowest BCUT2D eigenvalue weighted by atomic mass is 9.64. The standard InChI is InChI=1S/C46H56F2N8O6/c1-23(2)39(53-45(59)61-5)43(57)55-21-29(47)17-35(55)41-49-19-33(51-41)26-9-7-25(8-10-26)31-15-16-32(38-28-13-11-27(12-14-28)37(31)38)34-20-50-42(52-34)36-18-30(48)22-56(36)44(58)40(24(3)4)54-46(60)62-6/h7-10,15-16,19-20,23-24,27-30,35-36,39-40H,11-14,17-18,21-22H2,1-6H3,(H,49,51)(H,50,52)(H,53,59)(H,54,60)/t27?,28?,29-,30-,35+,36+,39+,40+/m1/s1. The number of likely N-dealkylation sites (tertiary alicyclic amines) is 2. The maximum atomic E-state index is 15.1. The fourth-order valence-corrected chi connectivity index (χ4v) is 10.1. The van der Waals surface area contributed by atoms with Crippen LogP contribution in [-0.4, -0.2) is 105 Å². The van der Waals surface area contributed by atoms with Crippen molar-refractivity contribution in [3.05, 3.63) is 71.6 Å². The fourth-order valence-electron chi connectivity index (χ4n) is 10.1. The summed E-state index contributed by atoms with van der Waals surface area (Å²) in [6, 6.07) is 9.61. The Morgan fingerprint density at radius 3 is 1.53 bits per heavy atom. The van der Waals surface area contributed by atoms with Crippen molar-refractivity contribution < 1.29 is 37.4 Å². The molecule has 0 radical (unpaired) electrons. The highest BCUT2D eigenvalue weighted by molar-refractivity contribution is 5.87. The van der Waals surface area contributed by atoms with E-state index in [0.717, 1.165) is 53.8 Å². The third kappa shape index (κ3) is 8.15. The minimum atomic E-state index is -1.23. The number of nitrogens with zero attached hydrogens (tertiary/aromatic N) is 4. The first-order valence-corrected chi connectivity index (χ1v) is 21.7. The van der Waals surface area contributed by atoms with Gasteiger partial charge in [0.15, 0.2) is 0 Å². The molecule has 1 saturated carbocycles. The van der Waals surface area contributed by atoms with Gasteiger partial charge in [-0.3, -0.25) is 9.59 Å². The number of aromatic nitrogens is 4. The molecule has 330 valence electrons. The summed E-state index contributed by atoms with van der Waals surface area (Å²) in [6.07, 6.45) is 4.21. The van der Waals surface area contributed by atoms with Gasteiger partial charge in [-0.1, -0.05) is 64.1 Å². The Hall–Kier alpha value is -5.80. The first-order valence-electron chi connectivity index (χ1n) is 21.7. The Morgan fingerprint density at radius 1 is 0.645 bits per heavy atom. The van der Waals surface area contributed by atoms with E-state index in [-0.39, 0.29) is 49.6 Å². The van der Waals surface area contributed by atoms with E-state index in [2.05, 4.69) is 49.9 Å². The van der Waals surface area contributed by atoms with Gasteiger partial charge in [0.1, 0.15) is 36.1 Å². The summed E-state index contributed by atoms with van der Waals surface area (Å²) in [5.41, 5.74) is 8.43. The maximum Gasteiger partial charge on any atom is 0.407 e. The Balaban J connectivity index is 1.04. The van der Waals surface area contributed by atoms with Gasteiger partial charge >= 0.3 is 12.2 Å². The van der Waals surface area contributed by atoms with Crippen molar-refractivity contribution in [3.63, 3.8) is 0 Å². The average molecular weight is 855 g/mol. The second-order valence-corrected chi connectivity index (χ2v) is 17.9. The second-order valence-electron chi connectivity index (χ2n) is 17.9. The van der Waals surface area contributed by atoms with Crippen LogP contribution in [-0.2, 0) is 19.1 Å². The zero-order valence-electron chi connectivity index (χ0n) is 36.0. The molecule has 2 saturated heterocycles. The van der Waals surface area contributed by atoms with E-state index in [1.807, 2.05) is 39.8 Å². The number of carbonyl (C=O) groups excluding carboxylic acids is 4. The molecule has 2 aliphatic heterocycles. The van der Waals surface area contributed by atoms with Crippen LogP contribution in [0, 0.1) is 11.8 Å². The Bertz CT molecular complexity index is 2300. The lowest BCUT2D eigenvalue weighted by molar-refractivity contribution is -0.136. The van der Waals surface area contributed by atoms with E-state index in [1.54, 1.807) is 12.4 Å². The van der Waals surface area contributed by atoms with Crippen LogP contribution in [0.3, 0.4) is 0 Å². The number of methoxy groups -OCH3 is 2. The van der Waals surface area contributed by atoms with Crippen LogP contribution >= 0.6 is 0 Å². The first kappa shape index (κ1) is 42.9. The van der Waals surface area contributed by atoms with Gasteiger partial charge in [-0.25, -0.2) is 28.3 Å². The largest absolute Gasteiger partial charge is 0.453 e. The number of hydrogen-bond donors (Lipinski definition) is 4. The van der Waals surface area contributed by atoms with Crippen molar-refractivity contribution in [2.45, 2.75) is 115 Å². The number of carbonyl (C=O) groups is 4. The molecule has 2 aromatic carbocycles. The van der Waals surface area contributed by atoms with Crippen LogP contribution in [0.4, 0.5) is 18.4 Å². The molecule has 4 N–H and O–H groups in total. The molecule has 0 spiro atoms. The van der Waals surface area contributed by atoms with Gasteiger partial charge in [0.25, 0.3) is 0 Å². The number of benzene rings is 2. The molecule has 4 amide bonds. The summed E-state index contributed by atoms with van der Waals surface area (Å²) in [6.45, 7) is 7.09. The molecule has 16 heteroatoms. The number of imidazole rings is 2. The highest BCUT2D eigenvalue weighted by Crippen LogP contribution is 2.55. The number of aromatic amines is 2. The molecule has 3 aliphatic carbocycles. The van der Waals surface area contributed by atoms with Crippen molar-refractivity contribution in [2.24, 2.45) is 11.8 Å². The number of fused-ring (bicyclic) bond motifs is 2. The van der Waals surface area contributed by atoms with Crippen LogP contribution < -0.4 is 10.6 Å². The lowest BCUT2D eigenvalue weighted by Crippen LogP contribution is -2.51. The minimum absolute atomic E-state index is 0.0873. The highest BCUT2D eigenvalue weighted by atomic mass is 19.1. The minimum Gasteiger partial charge on any atom is -0.453 e. The number of ether oxygens (including phenoxy) is 2. The normalized spacial score (nSPS) is 24.0. The third-order valence-electron chi connectivity index (χ3n) is 13.3. The predicted octanol–water partition coefficient (Wildman–Crippen LogP) is 7.87. The van der Waals surface area contributed by atoms with Crippen molar-refractivity contribution in [3.8, 4) is 33.6 Å². The highest BCUT2D eigenvalue weighted by Gasteiger charge is 2.44. The zero-order valence-corrected chi connectivity index (χ0v) is 36.0. The van der Waals surface area contributed by atoms with Gasteiger partial charge in [-0.15, -0.1) is 0 Å². The number of nitrogens with one attached hydrogen (secondary N) is 4. The van der Waals surface area contributed by atoms with Crippen LogP contribution in [0.15, 0.2) is 48.8 Å². The summed E-state index contributed by atoms with van der Waals surface area (Å²) in [5, 5.41) is 5.23. The summed E-state index contributed by atoms with van der Waals surface area (Å²) >= 11 is 0. The van der Waals surface area contributed by atoms with Crippen molar-refractivity contribution >= 4 is 24.0 Å². The van der Waals surface area contributed by atoms with E-state index in [9.17, 15) is 23.6 Å². The van der Waals surface area contributed by atoms with E-state index in [1.165, 1.54) is 40.7 Å².